The molecule has 0 spiro atoms. The summed E-state index contributed by atoms with van der Waals surface area (Å²) in [6.07, 6.45) is 3.92. The maximum atomic E-state index is 7.46. The highest BCUT2D eigenvalue weighted by atomic mass is 32.2. The molecule has 1 aromatic carbocycles. The molecule has 2 aromatic rings. The lowest BCUT2D eigenvalue weighted by atomic mass is 10.1. The lowest BCUT2D eigenvalue weighted by molar-refractivity contribution is 0.929. The van der Waals surface area contributed by atoms with E-state index in [-0.39, 0.29) is 11.1 Å². The molecular formula is C13H14N4S. The highest BCUT2D eigenvalue weighted by Crippen LogP contribution is 2.35. The summed E-state index contributed by atoms with van der Waals surface area (Å²) in [5.74, 6) is 0.173. The Labute approximate surface area is 110 Å². The van der Waals surface area contributed by atoms with Crippen LogP contribution in [0.5, 0.6) is 0 Å². The Morgan fingerprint density at radius 2 is 1.83 bits per heavy atom. The van der Waals surface area contributed by atoms with E-state index in [1.165, 1.54) is 11.8 Å². The van der Waals surface area contributed by atoms with Gasteiger partial charge in [0.05, 0.1) is 5.84 Å². The molecule has 1 atom stereocenters. The molecule has 0 saturated carbocycles. The molecule has 0 aliphatic carbocycles. The van der Waals surface area contributed by atoms with Gasteiger partial charge in [-0.1, -0.05) is 42.1 Å². The summed E-state index contributed by atoms with van der Waals surface area (Å²) in [6, 6.07) is 11.8. The Morgan fingerprint density at radius 1 is 1.17 bits per heavy atom. The van der Waals surface area contributed by atoms with E-state index in [4.69, 9.17) is 11.1 Å². The van der Waals surface area contributed by atoms with Gasteiger partial charge in [-0.3, -0.25) is 5.41 Å². The molecule has 0 aliphatic rings. The SMILES string of the molecule is N=C(N)CC(Sc1ncccn1)c1ccccc1. The number of benzene rings is 1. The molecule has 0 bridgehead atoms. The molecule has 0 amide bonds. The third-order valence-electron chi connectivity index (χ3n) is 2.37. The van der Waals surface area contributed by atoms with Crippen LogP contribution in [0.15, 0.2) is 53.9 Å². The number of rotatable bonds is 5. The molecule has 5 heteroatoms. The highest BCUT2D eigenvalue weighted by Gasteiger charge is 2.15. The first-order chi connectivity index (χ1) is 8.75. The quantitative estimate of drug-likeness (QED) is 0.374. The maximum Gasteiger partial charge on any atom is 0.188 e. The summed E-state index contributed by atoms with van der Waals surface area (Å²) >= 11 is 1.53. The summed E-state index contributed by atoms with van der Waals surface area (Å²) in [5.41, 5.74) is 6.64. The first-order valence-electron chi connectivity index (χ1n) is 5.57. The predicted molar refractivity (Wildman–Crippen MR) is 73.6 cm³/mol. The smallest absolute Gasteiger partial charge is 0.188 e. The second kappa shape index (κ2) is 6.16. The van der Waals surface area contributed by atoms with E-state index in [0.717, 1.165) is 5.56 Å². The van der Waals surface area contributed by atoms with E-state index >= 15 is 0 Å². The zero-order valence-corrected chi connectivity index (χ0v) is 10.6. The largest absolute Gasteiger partial charge is 0.388 e. The van der Waals surface area contributed by atoms with Gasteiger partial charge in [0.2, 0.25) is 0 Å². The first-order valence-corrected chi connectivity index (χ1v) is 6.45. The topological polar surface area (TPSA) is 75.7 Å². The third kappa shape index (κ3) is 3.56. The van der Waals surface area contributed by atoms with Gasteiger partial charge in [-0.05, 0) is 11.6 Å². The van der Waals surface area contributed by atoms with Crippen LogP contribution >= 0.6 is 11.8 Å². The summed E-state index contributed by atoms with van der Waals surface area (Å²) in [6.45, 7) is 0. The van der Waals surface area contributed by atoms with Crippen molar-refractivity contribution in [3.63, 3.8) is 0 Å². The van der Waals surface area contributed by atoms with Crippen molar-refractivity contribution in [3.05, 3.63) is 54.4 Å². The monoisotopic (exact) mass is 258 g/mol. The molecule has 4 nitrogen and oxygen atoms in total. The van der Waals surface area contributed by atoms with E-state index in [9.17, 15) is 0 Å². The Balaban J connectivity index is 2.18. The molecule has 0 saturated heterocycles. The minimum atomic E-state index is 0.0751. The molecule has 18 heavy (non-hydrogen) atoms. The van der Waals surface area contributed by atoms with Crippen LogP contribution < -0.4 is 5.73 Å². The van der Waals surface area contributed by atoms with Gasteiger partial charge < -0.3 is 5.73 Å². The van der Waals surface area contributed by atoms with E-state index in [0.29, 0.717) is 11.6 Å². The fourth-order valence-electron chi connectivity index (χ4n) is 1.57. The Hall–Kier alpha value is -1.88. The second-order valence-corrected chi connectivity index (χ2v) is 4.95. The van der Waals surface area contributed by atoms with E-state index in [1.54, 1.807) is 18.5 Å². The molecule has 1 unspecified atom stereocenters. The van der Waals surface area contributed by atoms with Crippen molar-refractivity contribution in [1.82, 2.24) is 9.97 Å². The van der Waals surface area contributed by atoms with Crippen LogP contribution in [0.1, 0.15) is 17.2 Å². The molecule has 2 rings (SSSR count). The molecule has 1 aromatic heterocycles. The summed E-state index contributed by atoms with van der Waals surface area (Å²) in [5, 5.41) is 8.24. The molecule has 1 heterocycles. The minimum absolute atomic E-state index is 0.0751. The lowest BCUT2D eigenvalue weighted by Crippen LogP contribution is -2.13. The third-order valence-corrected chi connectivity index (χ3v) is 3.51. The number of aromatic nitrogens is 2. The zero-order chi connectivity index (χ0) is 12.8. The van der Waals surface area contributed by atoms with Crippen LogP contribution in [0, 0.1) is 5.41 Å². The van der Waals surface area contributed by atoms with E-state index in [2.05, 4.69) is 9.97 Å². The predicted octanol–water partition coefficient (Wildman–Crippen LogP) is 2.64. The summed E-state index contributed by atoms with van der Waals surface area (Å²) < 4.78 is 0. The van der Waals surface area contributed by atoms with Crippen LogP contribution in [-0.2, 0) is 0 Å². The fourth-order valence-corrected chi connectivity index (χ4v) is 2.62. The molecule has 0 fully saturated rings. The Bertz CT molecular complexity index is 501. The van der Waals surface area contributed by atoms with Gasteiger partial charge in [0.15, 0.2) is 5.16 Å². The van der Waals surface area contributed by atoms with Gasteiger partial charge >= 0.3 is 0 Å². The van der Waals surface area contributed by atoms with Crippen LogP contribution in [0.2, 0.25) is 0 Å². The van der Waals surface area contributed by atoms with E-state index in [1.807, 2.05) is 30.3 Å². The van der Waals surface area contributed by atoms with Crippen molar-refractivity contribution < 1.29 is 0 Å². The fraction of sp³-hybridized carbons (Fsp3) is 0.154. The number of amidine groups is 1. The standard InChI is InChI=1S/C13H14N4S/c14-12(15)9-11(10-5-2-1-3-6-10)18-13-16-7-4-8-17-13/h1-8,11H,9H2,(H3,14,15). The van der Waals surface area contributed by atoms with Gasteiger partial charge in [-0.25, -0.2) is 9.97 Å². The maximum absolute atomic E-state index is 7.46. The van der Waals surface area contributed by atoms with Crippen molar-refractivity contribution in [2.45, 2.75) is 16.8 Å². The number of hydrogen-bond acceptors (Lipinski definition) is 4. The van der Waals surface area contributed by atoms with Crippen LogP contribution in [-0.4, -0.2) is 15.8 Å². The number of thioether (sulfide) groups is 1. The summed E-state index contributed by atoms with van der Waals surface area (Å²) in [4.78, 5) is 8.38. The van der Waals surface area contributed by atoms with Crippen molar-refractivity contribution >= 4 is 17.6 Å². The van der Waals surface area contributed by atoms with Crippen molar-refractivity contribution in [3.8, 4) is 0 Å². The normalized spacial score (nSPS) is 12.0. The average molecular weight is 258 g/mol. The van der Waals surface area contributed by atoms with Crippen LogP contribution in [0.4, 0.5) is 0 Å². The molecule has 0 aliphatic heterocycles. The Kier molecular flexibility index (Phi) is 4.30. The van der Waals surface area contributed by atoms with E-state index < -0.39 is 0 Å². The highest BCUT2D eigenvalue weighted by molar-refractivity contribution is 7.99. The summed E-state index contributed by atoms with van der Waals surface area (Å²) in [7, 11) is 0. The molecule has 0 radical (unpaired) electrons. The molecular weight excluding hydrogens is 244 g/mol. The van der Waals surface area contributed by atoms with Gasteiger partial charge in [0.1, 0.15) is 0 Å². The van der Waals surface area contributed by atoms with Crippen LogP contribution in [0.25, 0.3) is 0 Å². The minimum Gasteiger partial charge on any atom is -0.388 e. The van der Waals surface area contributed by atoms with Crippen molar-refractivity contribution in [1.29, 1.82) is 5.41 Å². The van der Waals surface area contributed by atoms with Gasteiger partial charge in [-0.2, -0.15) is 0 Å². The number of nitrogens with zero attached hydrogens (tertiary/aromatic N) is 2. The lowest BCUT2D eigenvalue weighted by Gasteiger charge is -2.14. The van der Waals surface area contributed by atoms with Crippen molar-refractivity contribution in [2.24, 2.45) is 5.73 Å². The van der Waals surface area contributed by atoms with Crippen molar-refractivity contribution in [2.75, 3.05) is 0 Å². The first kappa shape index (κ1) is 12.6. The van der Waals surface area contributed by atoms with Gasteiger partial charge in [0, 0.05) is 24.1 Å². The number of nitrogens with one attached hydrogen (secondary N) is 1. The average Bonchev–Trinajstić information content (AvgIpc) is 2.40. The zero-order valence-electron chi connectivity index (χ0n) is 9.78. The van der Waals surface area contributed by atoms with Gasteiger partial charge in [-0.15, -0.1) is 0 Å². The number of nitrogens with two attached hydrogens (primary N) is 1. The number of hydrogen-bond donors (Lipinski definition) is 2. The second-order valence-electron chi connectivity index (χ2n) is 3.78. The molecule has 92 valence electrons. The Morgan fingerprint density at radius 3 is 2.44 bits per heavy atom. The molecule has 3 N–H and O–H groups in total. The van der Waals surface area contributed by atoms with Crippen LogP contribution in [0.3, 0.4) is 0 Å². The van der Waals surface area contributed by atoms with Gasteiger partial charge in [0.25, 0.3) is 0 Å².